The average Bonchev–Trinajstić information content (AvgIpc) is 2.44. The van der Waals surface area contributed by atoms with Crippen molar-refractivity contribution < 1.29 is 4.79 Å². The van der Waals surface area contributed by atoms with Gasteiger partial charge in [-0.15, -0.1) is 0 Å². The molecule has 2 aromatic rings. The van der Waals surface area contributed by atoms with E-state index in [1.165, 1.54) is 0 Å². The minimum atomic E-state index is -0.310. The number of nitrogens with one attached hydrogen (secondary N) is 2. The highest BCUT2D eigenvalue weighted by atomic mass is 35.5. The maximum absolute atomic E-state index is 11.8. The lowest BCUT2D eigenvalue weighted by Gasteiger charge is -2.09. The molecule has 110 valence electrons. The van der Waals surface area contributed by atoms with Crippen molar-refractivity contribution in [2.75, 3.05) is 17.6 Å². The van der Waals surface area contributed by atoms with E-state index in [2.05, 4.69) is 10.6 Å². The second kappa shape index (κ2) is 7.20. The molecule has 0 bridgehead atoms. The molecule has 0 unspecified atom stereocenters. The number of urea groups is 1. The normalized spacial score (nSPS) is 10.2. The zero-order valence-corrected chi connectivity index (χ0v) is 12.7. The fraction of sp³-hybridized carbons (Fsp3) is 0.133. The van der Waals surface area contributed by atoms with E-state index in [0.717, 1.165) is 12.0 Å². The van der Waals surface area contributed by atoms with Crippen LogP contribution in [0.15, 0.2) is 42.5 Å². The van der Waals surface area contributed by atoms with Crippen LogP contribution in [-0.2, 0) is 6.42 Å². The van der Waals surface area contributed by atoms with Gasteiger partial charge in [0, 0.05) is 17.3 Å². The van der Waals surface area contributed by atoms with Crippen molar-refractivity contribution in [1.29, 1.82) is 0 Å². The number of halogens is 2. The minimum Gasteiger partial charge on any atom is -0.399 e. The number of rotatable bonds is 4. The lowest BCUT2D eigenvalue weighted by atomic mass is 10.1. The first kappa shape index (κ1) is 15.5. The first-order valence-electron chi connectivity index (χ1n) is 6.39. The van der Waals surface area contributed by atoms with Crippen LogP contribution in [0.1, 0.15) is 5.56 Å². The van der Waals surface area contributed by atoms with Gasteiger partial charge >= 0.3 is 6.03 Å². The van der Waals surface area contributed by atoms with Crippen molar-refractivity contribution in [3.8, 4) is 0 Å². The van der Waals surface area contributed by atoms with E-state index >= 15 is 0 Å². The van der Waals surface area contributed by atoms with Crippen LogP contribution >= 0.6 is 23.2 Å². The third-order valence-corrected chi connectivity index (χ3v) is 3.42. The molecule has 4 N–H and O–H groups in total. The first-order chi connectivity index (χ1) is 10.0. The molecule has 0 fully saturated rings. The predicted octanol–water partition coefficient (Wildman–Crippen LogP) is 3.94. The van der Waals surface area contributed by atoms with E-state index in [1.54, 1.807) is 18.2 Å². The summed E-state index contributed by atoms with van der Waals surface area (Å²) >= 11 is 11.8. The molecular formula is C15H15Cl2N3O. The zero-order chi connectivity index (χ0) is 15.2. The molecule has 21 heavy (non-hydrogen) atoms. The summed E-state index contributed by atoms with van der Waals surface area (Å²) in [6.07, 6.45) is 0.722. The standard InChI is InChI=1S/C15H15Cl2N3O/c16-11-3-1-10(2-4-11)7-8-19-15(21)20-14-6-5-12(18)9-13(14)17/h1-6,9H,7-8,18H2,(H2,19,20,21). The Hall–Kier alpha value is -1.91. The molecule has 0 spiro atoms. The average molecular weight is 324 g/mol. The van der Waals surface area contributed by atoms with E-state index in [0.29, 0.717) is 28.0 Å². The molecule has 2 amide bonds. The summed E-state index contributed by atoms with van der Waals surface area (Å²) in [6.45, 7) is 0.514. The third-order valence-electron chi connectivity index (χ3n) is 2.85. The Bertz CT molecular complexity index is 629. The van der Waals surface area contributed by atoms with Crippen LogP contribution < -0.4 is 16.4 Å². The molecule has 2 aromatic carbocycles. The van der Waals surface area contributed by atoms with Crippen LogP contribution in [0.5, 0.6) is 0 Å². The van der Waals surface area contributed by atoms with Crippen LogP contribution in [0, 0.1) is 0 Å². The maximum Gasteiger partial charge on any atom is 0.319 e. The molecule has 0 atom stereocenters. The number of benzene rings is 2. The second-order valence-corrected chi connectivity index (χ2v) is 5.34. The highest BCUT2D eigenvalue weighted by Crippen LogP contribution is 2.23. The Morgan fingerprint density at radius 2 is 1.81 bits per heavy atom. The van der Waals surface area contributed by atoms with Gasteiger partial charge < -0.3 is 16.4 Å². The number of anilines is 2. The molecule has 2 rings (SSSR count). The Kier molecular flexibility index (Phi) is 5.31. The highest BCUT2D eigenvalue weighted by Gasteiger charge is 2.05. The lowest BCUT2D eigenvalue weighted by molar-refractivity contribution is 0.252. The van der Waals surface area contributed by atoms with Gasteiger partial charge in [0.1, 0.15) is 0 Å². The number of nitrogens with two attached hydrogens (primary N) is 1. The molecule has 6 heteroatoms. The van der Waals surface area contributed by atoms with Crippen LogP contribution in [0.4, 0.5) is 16.2 Å². The van der Waals surface area contributed by atoms with Crippen LogP contribution in [0.2, 0.25) is 10.0 Å². The van der Waals surface area contributed by atoms with Crippen molar-refractivity contribution in [3.05, 3.63) is 58.1 Å². The van der Waals surface area contributed by atoms with E-state index in [1.807, 2.05) is 24.3 Å². The Morgan fingerprint density at radius 3 is 2.48 bits per heavy atom. The largest absolute Gasteiger partial charge is 0.399 e. The molecule has 0 aliphatic heterocycles. The summed E-state index contributed by atoms with van der Waals surface area (Å²) in [5.74, 6) is 0. The molecule has 0 radical (unpaired) electrons. The second-order valence-electron chi connectivity index (χ2n) is 4.50. The van der Waals surface area contributed by atoms with Gasteiger partial charge in [-0.3, -0.25) is 0 Å². The summed E-state index contributed by atoms with van der Waals surface area (Å²) in [5.41, 5.74) is 7.77. The summed E-state index contributed by atoms with van der Waals surface area (Å²) in [7, 11) is 0. The van der Waals surface area contributed by atoms with E-state index in [-0.39, 0.29) is 6.03 Å². The third kappa shape index (κ3) is 4.85. The fourth-order valence-electron chi connectivity index (χ4n) is 1.77. The number of amides is 2. The van der Waals surface area contributed by atoms with Crippen LogP contribution in [-0.4, -0.2) is 12.6 Å². The van der Waals surface area contributed by atoms with E-state index < -0.39 is 0 Å². The molecule has 0 saturated heterocycles. The fourth-order valence-corrected chi connectivity index (χ4v) is 2.13. The van der Waals surface area contributed by atoms with Crippen molar-refractivity contribution >= 4 is 40.6 Å². The van der Waals surface area contributed by atoms with Crippen molar-refractivity contribution in [3.63, 3.8) is 0 Å². The SMILES string of the molecule is Nc1ccc(NC(=O)NCCc2ccc(Cl)cc2)c(Cl)c1. The smallest absolute Gasteiger partial charge is 0.319 e. The molecule has 4 nitrogen and oxygen atoms in total. The Morgan fingerprint density at radius 1 is 1.10 bits per heavy atom. The van der Waals surface area contributed by atoms with Gasteiger partial charge in [-0.05, 0) is 42.3 Å². The van der Waals surface area contributed by atoms with Gasteiger partial charge in [-0.25, -0.2) is 4.79 Å². The molecule has 0 aliphatic rings. The summed E-state index contributed by atoms with van der Waals surface area (Å²) in [4.78, 5) is 11.8. The van der Waals surface area contributed by atoms with Crippen LogP contribution in [0.3, 0.4) is 0 Å². The number of carbonyl (C=O) groups excluding carboxylic acids is 1. The molecule has 0 saturated carbocycles. The topological polar surface area (TPSA) is 67.1 Å². The van der Waals surface area contributed by atoms with Gasteiger partial charge in [-0.1, -0.05) is 35.3 Å². The van der Waals surface area contributed by atoms with Gasteiger partial charge in [0.25, 0.3) is 0 Å². The maximum atomic E-state index is 11.8. The van der Waals surface area contributed by atoms with Crippen LogP contribution in [0.25, 0.3) is 0 Å². The molecule has 0 aromatic heterocycles. The van der Waals surface area contributed by atoms with Crippen molar-refractivity contribution in [1.82, 2.24) is 5.32 Å². The molecule has 0 aliphatic carbocycles. The minimum absolute atomic E-state index is 0.310. The van der Waals surface area contributed by atoms with Crippen molar-refractivity contribution in [2.24, 2.45) is 0 Å². The number of hydrogen-bond donors (Lipinski definition) is 3. The Labute approximate surface area is 133 Å². The zero-order valence-electron chi connectivity index (χ0n) is 11.2. The van der Waals surface area contributed by atoms with Gasteiger partial charge in [0.2, 0.25) is 0 Å². The van der Waals surface area contributed by atoms with E-state index in [9.17, 15) is 4.79 Å². The number of hydrogen-bond acceptors (Lipinski definition) is 2. The van der Waals surface area contributed by atoms with E-state index in [4.69, 9.17) is 28.9 Å². The number of nitrogen functional groups attached to an aromatic ring is 1. The summed E-state index contributed by atoms with van der Waals surface area (Å²) in [5, 5.41) is 6.54. The van der Waals surface area contributed by atoms with Crippen molar-refractivity contribution in [2.45, 2.75) is 6.42 Å². The lowest BCUT2D eigenvalue weighted by Crippen LogP contribution is -2.30. The highest BCUT2D eigenvalue weighted by molar-refractivity contribution is 6.34. The van der Waals surface area contributed by atoms with Gasteiger partial charge in [0.15, 0.2) is 0 Å². The van der Waals surface area contributed by atoms with Gasteiger partial charge in [0.05, 0.1) is 10.7 Å². The predicted molar refractivity (Wildman–Crippen MR) is 88.0 cm³/mol. The monoisotopic (exact) mass is 323 g/mol. The summed E-state index contributed by atoms with van der Waals surface area (Å²) in [6, 6.07) is 12.1. The summed E-state index contributed by atoms with van der Waals surface area (Å²) < 4.78 is 0. The number of carbonyl (C=O) groups is 1. The molecule has 0 heterocycles. The Balaban J connectivity index is 1.81. The molecular weight excluding hydrogens is 309 g/mol. The first-order valence-corrected chi connectivity index (χ1v) is 7.14. The quantitative estimate of drug-likeness (QED) is 0.746. The van der Waals surface area contributed by atoms with Gasteiger partial charge in [-0.2, -0.15) is 0 Å².